The van der Waals surface area contributed by atoms with Gasteiger partial charge in [0, 0.05) is 6.42 Å². The predicted octanol–water partition coefficient (Wildman–Crippen LogP) is 0.908. The van der Waals surface area contributed by atoms with E-state index in [1.807, 2.05) is 6.92 Å². The number of hydrogen-bond acceptors (Lipinski definition) is 1. The van der Waals surface area contributed by atoms with Crippen LogP contribution in [0.4, 0.5) is 0 Å². The second kappa shape index (κ2) is 5.47. The second-order valence-electron chi connectivity index (χ2n) is 1.22. The van der Waals surface area contributed by atoms with Crippen molar-refractivity contribution in [2.24, 2.45) is 5.73 Å². The monoisotopic (exact) mass is 103 g/mol. The predicted molar refractivity (Wildman–Crippen MR) is 30.8 cm³/mol. The molecule has 1 amide bonds. The van der Waals surface area contributed by atoms with Gasteiger partial charge in [-0.05, 0) is 6.42 Å². The zero-order valence-corrected chi connectivity index (χ0v) is 3.90. The maximum atomic E-state index is 9.82. The molecular formula is C5H13NO. The number of hydrogen-bond donors (Lipinski definition) is 1. The summed E-state index contributed by atoms with van der Waals surface area (Å²) < 4.78 is 0. The second-order valence-corrected chi connectivity index (χ2v) is 1.22. The van der Waals surface area contributed by atoms with Crippen LogP contribution in [-0.2, 0) is 4.79 Å². The van der Waals surface area contributed by atoms with E-state index in [-0.39, 0.29) is 13.3 Å². The lowest BCUT2D eigenvalue weighted by molar-refractivity contribution is -0.118. The van der Waals surface area contributed by atoms with Gasteiger partial charge in [-0.15, -0.1) is 0 Å². The summed E-state index contributed by atoms with van der Waals surface area (Å²) in [5, 5.41) is 0. The molecule has 0 aliphatic heterocycles. The lowest BCUT2D eigenvalue weighted by Gasteiger charge is -1.81. The van der Waals surface area contributed by atoms with Gasteiger partial charge in [0.2, 0.25) is 5.91 Å². The molecular weight excluding hydrogens is 90.1 g/mol. The molecule has 0 saturated heterocycles. The smallest absolute Gasteiger partial charge is 0.217 e. The minimum atomic E-state index is -0.211. The summed E-state index contributed by atoms with van der Waals surface area (Å²) in [5.41, 5.74) is 4.76. The molecule has 0 aromatic rings. The normalized spacial score (nSPS) is 7.00. The van der Waals surface area contributed by atoms with E-state index >= 15 is 0 Å². The van der Waals surface area contributed by atoms with Crippen LogP contribution in [-0.4, -0.2) is 5.91 Å². The molecule has 0 spiro atoms. The van der Waals surface area contributed by atoms with Crippen LogP contribution in [0.5, 0.6) is 0 Å². The maximum absolute atomic E-state index is 9.82. The minimum absolute atomic E-state index is 0. The zero-order valence-electron chi connectivity index (χ0n) is 3.90. The molecule has 0 heterocycles. The van der Waals surface area contributed by atoms with Crippen molar-refractivity contribution in [2.45, 2.75) is 27.2 Å². The van der Waals surface area contributed by atoms with Crippen molar-refractivity contribution >= 4 is 5.91 Å². The number of carbonyl (C=O) groups is 1. The molecule has 0 aliphatic carbocycles. The Morgan fingerprint density at radius 3 is 2.14 bits per heavy atom. The van der Waals surface area contributed by atoms with Crippen LogP contribution in [0.15, 0.2) is 0 Å². The van der Waals surface area contributed by atoms with Gasteiger partial charge in [-0.3, -0.25) is 4.79 Å². The largest absolute Gasteiger partial charge is 0.370 e. The van der Waals surface area contributed by atoms with Crippen LogP contribution in [0.2, 0.25) is 0 Å². The molecule has 0 bridgehead atoms. The number of amides is 1. The Morgan fingerprint density at radius 1 is 1.71 bits per heavy atom. The van der Waals surface area contributed by atoms with Crippen LogP contribution in [0.25, 0.3) is 0 Å². The molecule has 2 N–H and O–H groups in total. The van der Waals surface area contributed by atoms with Gasteiger partial charge in [-0.25, -0.2) is 0 Å². The third-order valence-electron chi connectivity index (χ3n) is 0.496. The quantitative estimate of drug-likeness (QED) is 0.554. The lowest BCUT2D eigenvalue weighted by Crippen LogP contribution is -2.08. The molecule has 0 atom stereocenters. The Balaban J connectivity index is 0. The van der Waals surface area contributed by atoms with E-state index < -0.39 is 0 Å². The highest BCUT2D eigenvalue weighted by molar-refractivity contribution is 5.73. The molecule has 0 saturated carbocycles. The van der Waals surface area contributed by atoms with Gasteiger partial charge in [0.05, 0.1) is 0 Å². The summed E-state index contributed by atoms with van der Waals surface area (Å²) in [6.07, 6.45) is 1.37. The van der Waals surface area contributed by atoms with Crippen LogP contribution in [0, 0.1) is 0 Å². The van der Waals surface area contributed by atoms with Gasteiger partial charge in [-0.1, -0.05) is 14.4 Å². The molecule has 0 unspecified atom stereocenters. The SMILES string of the molecule is C.CCCC(N)=O. The molecule has 44 valence electrons. The fourth-order valence-electron chi connectivity index (χ4n) is 0.246. The average Bonchev–Trinajstić information content (AvgIpc) is 1.35. The van der Waals surface area contributed by atoms with Crippen LogP contribution >= 0.6 is 0 Å². The van der Waals surface area contributed by atoms with Crippen molar-refractivity contribution in [2.75, 3.05) is 0 Å². The van der Waals surface area contributed by atoms with Crippen molar-refractivity contribution < 1.29 is 4.79 Å². The van der Waals surface area contributed by atoms with Gasteiger partial charge < -0.3 is 5.73 Å². The van der Waals surface area contributed by atoms with Crippen molar-refractivity contribution in [3.63, 3.8) is 0 Å². The molecule has 0 aliphatic rings. The van der Waals surface area contributed by atoms with E-state index in [0.29, 0.717) is 6.42 Å². The lowest BCUT2D eigenvalue weighted by atomic mass is 10.3. The van der Waals surface area contributed by atoms with E-state index in [0.717, 1.165) is 6.42 Å². The molecule has 7 heavy (non-hydrogen) atoms. The topological polar surface area (TPSA) is 43.1 Å². The number of rotatable bonds is 2. The van der Waals surface area contributed by atoms with E-state index in [4.69, 9.17) is 5.73 Å². The van der Waals surface area contributed by atoms with E-state index in [1.54, 1.807) is 0 Å². The first-order valence-corrected chi connectivity index (χ1v) is 2.05. The Hall–Kier alpha value is -0.530. The van der Waals surface area contributed by atoms with E-state index in [1.165, 1.54) is 0 Å². The minimum Gasteiger partial charge on any atom is -0.370 e. The highest BCUT2D eigenvalue weighted by Crippen LogP contribution is 1.79. The highest BCUT2D eigenvalue weighted by Gasteiger charge is 1.84. The first-order valence-electron chi connectivity index (χ1n) is 2.05. The Labute approximate surface area is 44.7 Å². The fourth-order valence-corrected chi connectivity index (χ4v) is 0.246. The van der Waals surface area contributed by atoms with Crippen molar-refractivity contribution in [1.82, 2.24) is 0 Å². The van der Waals surface area contributed by atoms with E-state index in [9.17, 15) is 4.79 Å². The molecule has 0 aromatic heterocycles. The fraction of sp³-hybridized carbons (Fsp3) is 0.800. The van der Waals surface area contributed by atoms with Crippen molar-refractivity contribution in [3.8, 4) is 0 Å². The average molecular weight is 103 g/mol. The Bertz CT molecular complexity index is 52.0. The van der Waals surface area contributed by atoms with Crippen molar-refractivity contribution in [3.05, 3.63) is 0 Å². The molecule has 0 aromatic carbocycles. The van der Waals surface area contributed by atoms with Crippen molar-refractivity contribution in [1.29, 1.82) is 0 Å². The van der Waals surface area contributed by atoms with Crippen LogP contribution < -0.4 is 5.73 Å². The van der Waals surface area contributed by atoms with Gasteiger partial charge in [0.1, 0.15) is 0 Å². The number of nitrogens with two attached hydrogens (primary N) is 1. The summed E-state index contributed by atoms with van der Waals surface area (Å²) in [5.74, 6) is -0.211. The van der Waals surface area contributed by atoms with Gasteiger partial charge in [0.25, 0.3) is 0 Å². The maximum Gasteiger partial charge on any atom is 0.217 e. The summed E-state index contributed by atoms with van der Waals surface area (Å²) in [7, 11) is 0. The van der Waals surface area contributed by atoms with Gasteiger partial charge in [-0.2, -0.15) is 0 Å². The van der Waals surface area contributed by atoms with Crippen LogP contribution in [0.1, 0.15) is 27.2 Å². The molecule has 0 rings (SSSR count). The summed E-state index contributed by atoms with van der Waals surface area (Å²) >= 11 is 0. The molecule has 0 radical (unpaired) electrons. The summed E-state index contributed by atoms with van der Waals surface area (Å²) in [6.45, 7) is 1.92. The summed E-state index contributed by atoms with van der Waals surface area (Å²) in [6, 6.07) is 0. The molecule has 2 heteroatoms. The molecule has 0 fully saturated rings. The first kappa shape index (κ1) is 9.69. The summed E-state index contributed by atoms with van der Waals surface area (Å²) in [4.78, 5) is 9.82. The zero-order chi connectivity index (χ0) is 4.99. The van der Waals surface area contributed by atoms with Crippen LogP contribution in [0.3, 0.4) is 0 Å². The number of carbonyl (C=O) groups excluding carboxylic acids is 1. The Kier molecular flexibility index (Phi) is 7.57. The Morgan fingerprint density at radius 2 is 2.14 bits per heavy atom. The van der Waals surface area contributed by atoms with Gasteiger partial charge in [0.15, 0.2) is 0 Å². The standard InChI is InChI=1S/C4H9NO.CH4/c1-2-3-4(5)6;/h2-3H2,1H3,(H2,5,6);1H4. The van der Waals surface area contributed by atoms with Gasteiger partial charge >= 0.3 is 0 Å². The highest BCUT2D eigenvalue weighted by atomic mass is 16.1. The third-order valence-corrected chi connectivity index (χ3v) is 0.496. The molecule has 2 nitrogen and oxygen atoms in total. The third kappa shape index (κ3) is 10.8. The first-order chi connectivity index (χ1) is 2.77. The van der Waals surface area contributed by atoms with E-state index in [2.05, 4.69) is 0 Å². The number of primary amides is 1.